The molecule has 0 bridgehead atoms. The predicted molar refractivity (Wildman–Crippen MR) is 103 cm³/mol. The Kier molecular flexibility index (Phi) is 4.86. The van der Waals surface area contributed by atoms with Crippen LogP contribution in [-0.4, -0.2) is 63.4 Å². The third-order valence-corrected chi connectivity index (χ3v) is 4.63. The van der Waals surface area contributed by atoms with Gasteiger partial charge in [0, 0.05) is 25.8 Å². The highest BCUT2D eigenvalue weighted by Gasteiger charge is 2.36. The van der Waals surface area contributed by atoms with Crippen LogP contribution in [0.1, 0.15) is 24.2 Å². The maximum atomic E-state index is 12.3. The Hall–Kier alpha value is -3.34. The molecule has 3 rings (SSSR count). The molecule has 0 unspecified atom stereocenters. The van der Waals surface area contributed by atoms with E-state index in [0.717, 1.165) is 0 Å². The number of piperazine rings is 1. The Labute approximate surface area is 157 Å². The van der Waals surface area contributed by atoms with Gasteiger partial charge in [-0.3, -0.25) is 9.59 Å². The molecule has 2 amide bonds. The Morgan fingerprint density at radius 1 is 1.48 bits per heavy atom. The highest BCUT2D eigenvalue weighted by atomic mass is 16.2. The number of amides is 2. The zero-order chi connectivity index (χ0) is 19.6. The molecule has 0 radical (unpaired) electrons. The number of H-pyrrole nitrogens is 1. The van der Waals surface area contributed by atoms with Crippen LogP contribution in [0.2, 0.25) is 0 Å². The van der Waals surface area contributed by atoms with Gasteiger partial charge in [0.2, 0.25) is 5.91 Å². The van der Waals surface area contributed by atoms with Crippen molar-refractivity contribution in [3.63, 3.8) is 0 Å². The molecule has 1 aliphatic rings. The molecule has 1 fully saturated rings. The molecule has 2 aromatic heterocycles. The second-order valence-corrected chi connectivity index (χ2v) is 6.94. The molecule has 8 heteroatoms. The van der Waals surface area contributed by atoms with Gasteiger partial charge in [-0.1, -0.05) is 12.5 Å². The van der Waals surface area contributed by atoms with E-state index in [1.54, 1.807) is 17.3 Å². The number of rotatable bonds is 4. The van der Waals surface area contributed by atoms with Crippen LogP contribution < -0.4 is 10.2 Å². The Bertz CT molecular complexity index is 939. The quantitative estimate of drug-likeness (QED) is 0.620. The van der Waals surface area contributed by atoms with Gasteiger partial charge >= 0.3 is 0 Å². The lowest BCUT2D eigenvalue weighted by molar-refractivity contribution is -0.131. The Morgan fingerprint density at radius 3 is 2.93 bits per heavy atom. The standard InChI is InChI=1S/C19H22N6O2/c1-5-7-20-18(27)13-10-21-17-16(13)23-14(11-22-17)24-8-9-25(15(26)6-2)19(3,4)12-24/h1,6,10-11H,2,7-9,12H2,3-4H3,(H,20,27)(H,21,22). The second-order valence-electron chi connectivity index (χ2n) is 6.94. The van der Waals surface area contributed by atoms with E-state index < -0.39 is 0 Å². The van der Waals surface area contributed by atoms with Crippen LogP contribution in [0.4, 0.5) is 5.82 Å². The SMILES string of the molecule is C#CCNC(=O)c1c[nH]c2ncc(N3CCN(C(=O)C=C)C(C)(C)C3)nc12. The van der Waals surface area contributed by atoms with Gasteiger partial charge in [0.05, 0.1) is 23.8 Å². The van der Waals surface area contributed by atoms with Gasteiger partial charge in [0.1, 0.15) is 11.3 Å². The van der Waals surface area contributed by atoms with Crippen molar-refractivity contribution in [3.8, 4) is 12.3 Å². The molecule has 27 heavy (non-hydrogen) atoms. The van der Waals surface area contributed by atoms with Gasteiger partial charge in [-0.15, -0.1) is 6.42 Å². The summed E-state index contributed by atoms with van der Waals surface area (Å²) in [6, 6.07) is 0. The van der Waals surface area contributed by atoms with E-state index in [2.05, 4.69) is 37.7 Å². The fourth-order valence-electron chi connectivity index (χ4n) is 3.30. The number of nitrogens with one attached hydrogen (secondary N) is 2. The van der Waals surface area contributed by atoms with Gasteiger partial charge in [0.25, 0.3) is 5.91 Å². The van der Waals surface area contributed by atoms with Crippen LogP contribution >= 0.6 is 0 Å². The fraction of sp³-hybridized carbons (Fsp3) is 0.368. The van der Waals surface area contributed by atoms with Gasteiger partial charge in [-0.2, -0.15) is 0 Å². The highest BCUT2D eigenvalue weighted by Crippen LogP contribution is 2.26. The average molecular weight is 366 g/mol. The molecule has 0 aromatic carbocycles. The largest absolute Gasteiger partial charge is 0.351 e. The van der Waals surface area contributed by atoms with Crippen molar-refractivity contribution in [2.75, 3.05) is 31.1 Å². The van der Waals surface area contributed by atoms with Crippen LogP contribution in [0, 0.1) is 12.3 Å². The number of anilines is 1. The molecule has 0 spiro atoms. The first-order chi connectivity index (χ1) is 12.9. The summed E-state index contributed by atoms with van der Waals surface area (Å²) in [6.45, 7) is 9.49. The van der Waals surface area contributed by atoms with Crippen LogP contribution in [0.5, 0.6) is 0 Å². The van der Waals surface area contributed by atoms with E-state index in [4.69, 9.17) is 6.42 Å². The Morgan fingerprint density at radius 2 is 2.26 bits per heavy atom. The first kappa shape index (κ1) is 18.5. The summed E-state index contributed by atoms with van der Waals surface area (Å²) in [5, 5.41) is 2.63. The monoisotopic (exact) mass is 366 g/mol. The maximum Gasteiger partial charge on any atom is 0.255 e. The van der Waals surface area contributed by atoms with E-state index >= 15 is 0 Å². The lowest BCUT2D eigenvalue weighted by Crippen LogP contribution is -2.61. The third kappa shape index (κ3) is 3.49. The first-order valence-corrected chi connectivity index (χ1v) is 8.62. The molecule has 0 aliphatic carbocycles. The summed E-state index contributed by atoms with van der Waals surface area (Å²) in [4.78, 5) is 40.2. The van der Waals surface area contributed by atoms with E-state index in [-0.39, 0.29) is 23.9 Å². The lowest BCUT2D eigenvalue weighted by atomic mass is 9.98. The molecule has 1 saturated heterocycles. The second kappa shape index (κ2) is 7.11. The van der Waals surface area contributed by atoms with E-state index in [1.807, 2.05) is 13.8 Å². The van der Waals surface area contributed by atoms with E-state index in [1.165, 1.54) is 6.08 Å². The third-order valence-electron chi connectivity index (χ3n) is 4.63. The van der Waals surface area contributed by atoms with Gasteiger partial charge < -0.3 is 20.1 Å². The minimum atomic E-state index is -0.384. The number of carbonyl (C=O) groups excluding carboxylic acids is 2. The normalized spacial score (nSPS) is 16.0. The number of nitrogens with zero attached hydrogens (tertiary/aromatic N) is 4. The minimum Gasteiger partial charge on any atom is -0.351 e. The Balaban J connectivity index is 1.87. The number of hydrogen-bond acceptors (Lipinski definition) is 5. The minimum absolute atomic E-state index is 0.0840. The molecule has 8 nitrogen and oxygen atoms in total. The van der Waals surface area contributed by atoms with Crippen molar-refractivity contribution in [2.24, 2.45) is 0 Å². The summed E-state index contributed by atoms with van der Waals surface area (Å²) in [7, 11) is 0. The van der Waals surface area contributed by atoms with Crippen LogP contribution in [0.3, 0.4) is 0 Å². The molecule has 0 saturated carbocycles. The van der Waals surface area contributed by atoms with Crippen molar-refractivity contribution in [3.05, 3.63) is 30.6 Å². The molecule has 2 N–H and O–H groups in total. The van der Waals surface area contributed by atoms with Crippen molar-refractivity contribution >= 4 is 28.8 Å². The summed E-state index contributed by atoms with van der Waals surface area (Å²) < 4.78 is 0. The number of terminal acetylenes is 1. The smallest absolute Gasteiger partial charge is 0.255 e. The van der Waals surface area contributed by atoms with Gasteiger partial charge in [-0.25, -0.2) is 9.97 Å². The average Bonchev–Trinajstić information content (AvgIpc) is 3.08. The van der Waals surface area contributed by atoms with E-state index in [9.17, 15) is 9.59 Å². The maximum absolute atomic E-state index is 12.3. The summed E-state index contributed by atoms with van der Waals surface area (Å²) in [5.41, 5.74) is 1.04. The van der Waals surface area contributed by atoms with Crippen molar-refractivity contribution in [1.82, 2.24) is 25.2 Å². The fourth-order valence-corrected chi connectivity index (χ4v) is 3.30. The molecular formula is C19H22N6O2. The number of hydrogen-bond donors (Lipinski definition) is 2. The number of aromatic amines is 1. The van der Waals surface area contributed by atoms with Crippen molar-refractivity contribution in [1.29, 1.82) is 0 Å². The molecule has 0 atom stereocenters. The van der Waals surface area contributed by atoms with Gasteiger partial charge in [-0.05, 0) is 19.9 Å². The summed E-state index contributed by atoms with van der Waals surface area (Å²) in [5.74, 6) is 2.65. The molecular weight excluding hydrogens is 344 g/mol. The summed E-state index contributed by atoms with van der Waals surface area (Å²) >= 11 is 0. The topological polar surface area (TPSA) is 94.2 Å². The number of carbonyl (C=O) groups is 2. The lowest BCUT2D eigenvalue weighted by Gasteiger charge is -2.47. The van der Waals surface area contributed by atoms with Crippen LogP contribution in [0.25, 0.3) is 11.2 Å². The number of aromatic nitrogens is 3. The predicted octanol–water partition coefficient (Wildman–Crippen LogP) is 0.934. The number of fused-ring (bicyclic) bond motifs is 1. The molecule has 1 aliphatic heterocycles. The summed E-state index contributed by atoms with van der Waals surface area (Å²) in [6.07, 6.45) is 9.77. The van der Waals surface area contributed by atoms with Crippen LogP contribution in [0.15, 0.2) is 25.0 Å². The van der Waals surface area contributed by atoms with Crippen molar-refractivity contribution in [2.45, 2.75) is 19.4 Å². The van der Waals surface area contributed by atoms with Crippen LogP contribution in [-0.2, 0) is 4.79 Å². The zero-order valence-electron chi connectivity index (χ0n) is 15.5. The van der Waals surface area contributed by atoms with Gasteiger partial charge in [0.15, 0.2) is 5.65 Å². The van der Waals surface area contributed by atoms with E-state index in [0.29, 0.717) is 42.2 Å². The zero-order valence-corrected chi connectivity index (χ0v) is 15.5. The molecule has 2 aromatic rings. The first-order valence-electron chi connectivity index (χ1n) is 8.62. The molecule has 3 heterocycles. The molecule has 140 valence electrons. The highest BCUT2D eigenvalue weighted by molar-refractivity contribution is 6.04. The van der Waals surface area contributed by atoms with Crippen molar-refractivity contribution < 1.29 is 9.59 Å².